The number of hydrogen-bond acceptors (Lipinski definition) is 6. The van der Waals surface area contributed by atoms with Gasteiger partial charge in [-0.15, -0.1) is 0 Å². The second kappa shape index (κ2) is 8.81. The van der Waals surface area contributed by atoms with Crippen LogP contribution in [0.15, 0.2) is 47.4 Å². The lowest BCUT2D eigenvalue weighted by molar-refractivity contribution is -0.123. The third kappa shape index (κ3) is 4.36. The van der Waals surface area contributed by atoms with Crippen molar-refractivity contribution >= 4 is 33.3 Å². The molecule has 0 saturated carbocycles. The van der Waals surface area contributed by atoms with Crippen molar-refractivity contribution in [1.82, 2.24) is 9.21 Å². The second-order valence-corrected chi connectivity index (χ2v) is 10.5. The molecule has 2 aromatic carbocycles. The zero-order valence-electron chi connectivity index (χ0n) is 18.9. The monoisotopic (exact) mass is 469 g/mol. The maximum atomic E-state index is 13.1. The molecular weight excluding hydrogens is 442 g/mol. The van der Waals surface area contributed by atoms with Crippen LogP contribution in [0.25, 0.3) is 0 Å². The Kier molecular flexibility index (Phi) is 6.22. The molecule has 0 unspecified atom stereocenters. The third-order valence-corrected chi connectivity index (χ3v) is 8.38. The molecular formula is C24H27N3O5S. The first-order valence-electron chi connectivity index (χ1n) is 10.9. The van der Waals surface area contributed by atoms with Crippen molar-refractivity contribution in [2.45, 2.75) is 38.1 Å². The highest BCUT2D eigenvalue weighted by Crippen LogP contribution is 2.28. The van der Waals surface area contributed by atoms with E-state index in [1.165, 1.54) is 11.2 Å². The number of anilines is 1. The lowest BCUT2D eigenvalue weighted by Crippen LogP contribution is -2.53. The summed E-state index contributed by atoms with van der Waals surface area (Å²) in [7, 11) is -3.62. The zero-order valence-corrected chi connectivity index (χ0v) is 19.8. The van der Waals surface area contributed by atoms with Gasteiger partial charge in [0, 0.05) is 31.7 Å². The number of Topliss-reactive ketones (excluding diaryl/α,β-unsaturated/α-hetero) is 1. The van der Waals surface area contributed by atoms with E-state index in [2.05, 4.69) is 0 Å². The first-order valence-corrected chi connectivity index (χ1v) is 12.3. The summed E-state index contributed by atoms with van der Waals surface area (Å²) >= 11 is 0. The van der Waals surface area contributed by atoms with E-state index in [0.717, 1.165) is 16.0 Å². The predicted octanol–water partition coefficient (Wildman–Crippen LogP) is 2.14. The van der Waals surface area contributed by atoms with Crippen molar-refractivity contribution in [2.75, 3.05) is 31.1 Å². The van der Waals surface area contributed by atoms with Crippen LogP contribution in [0.5, 0.6) is 0 Å². The summed E-state index contributed by atoms with van der Waals surface area (Å²) in [5, 5.41) is 0. The van der Waals surface area contributed by atoms with Crippen molar-refractivity contribution < 1.29 is 22.8 Å². The fourth-order valence-corrected chi connectivity index (χ4v) is 5.80. The van der Waals surface area contributed by atoms with Gasteiger partial charge in [0.15, 0.2) is 5.78 Å². The van der Waals surface area contributed by atoms with Crippen molar-refractivity contribution in [3.05, 3.63) is 59.2 Å². The number of amides is 2. The van der Waals surface area contributed by atoms with Crippen LogP contribution in [0.2, 0.25) is 0 Å². The van der Waals surface area contributed by atoms with Gasteiger partial charge in [-0.25, -0.2) is 13.3 Å². The van der Waals surface area contributed by atoms with E-state index < -0.39 is 16.1 Å². The van der Waals surface area contributed by atoms with E-state index >= 15 is 0 Å². The van der Waals surface area contributed by atoms with Crippen LogP contribution in [0.1, 0.15) is 34.8 Å². The lowest BCUT2D eigenvalue weighted by atomic mass is 10.1. The molecule has 0 aromatic heterocycles. The minimum atomic E-state index is -3.62. The number of nitrogens with zero attached hydrogens (tertiary/aromatic N) is 3. The van der Waals surface area contributed by atoms with Crippen LogP contribution in [-0.4, -0.2) is 67.4 Å². The fourth-order valence-electron chi connectivity index (χ4n) is 4.30. The highest BCUT2D eigenvalue weighted by Gasteiger charge is 2.44. The van der Waals surface area contributed by atoms with E-state index in [-0.39, 0.29) is 42.0 Å². The molecule has 0 spiro atoms. The van der Waals surface area contributed by atoms with Gasteiger partial charge >= 0.3 is 0 Å². The number of piperazine rings is 1. The SMILES string of the molecule is CC(=O)c1ccc(N2C(=O)C[C@@H](N3CCN(S(=O)(=O)c4ccc(C)c(C)c4)CC3)C2=O)cc1. The fraction of sp³-hybridized carbons (Fsp3) is 0.375. The number of benzene rings is 2. The molecule has 4 rings (SSSR count). The first-order chi connectivity index (χ1) is 15.6. The average molecular weight is 470 g/mol. The molecule has 2 amide bonds. The van der Waals surface area contributed by atoms with Crippen LogP contribution in [-0.2, 0) is 19.6 Å². The number of ketones is 1. The Morgan fingerprint density at radius 1 is 0.909 bits per heavy atom. The number of hydrogen-bond donors (Lipinski definition) is 0. The molecule has 2 fully saturated rings. The van der Waals surface area contributed by atoms with Gasteiger partial charge in [0.1, 0.15) is 0 Å². The molecule has 0 aliphatic carbocycles. The zero-order chi connectivity index (χ0) is 23.9. The number of rotatable bonds is 5. The Morgan fingerprint density at radius 2 is 1.55 bits per heavy atom. The third-order valence-electron chi connectivity index (χ3n) is 6.48. The van der Waals surface area contributed by atoms with Crippen LogP contribution < -0.4 is 4.90 Å². The van der Waals surface area contributed by atoms with Gasteiger partial charge in [0.2, 0.25) is 15.9 Å². The Hall–Kier alpha value is -2.88. The summed E-state index contributed by atoms with van der Waals surface area (Å²) in [6.45, 7) is 6.51. The van der Waals surface area contributed by atoms with E-state index in [9.17, 15) is 22.8 Å². The summed E-state index contributed by atoms with van der Waals surface area (Å²) in [5.74, 6) is -0.709. The van der Waals surface area contributed by atoms with Crippen molar-refractivity contribution in [3.8, 4) is 0 Å². The molecule has 0 bridgehead atoms. The summed E-state index contributed by atoms with van der Waals surface area (Å²) in [4.78, 5) is 40.5. The van der Waals surface area contributed by atoms with Crippen molar-refractivity contribution in [1.29, 1.82) is 0 Å². The topological polar surface area (TPSA) is 95.1 Å². The van der Waals surface area contributed by atoms with Crippen LogP contribution >= 0.6 is 0 Å². The molecule has 8 nitrogen and oxygen atoms in total. The molecule has 2 heterocycles. The van der Waals surface area contributed by atoms with Gasteiger partial charge in [-0.3, -0.25) is 19.3 Å². The predicted molar refractivity (Wildman–Crippen MR) is 124 cm³/mol. The molecule has 1 atom stereocenters. The van der Waals surface area contributed by atoms with E-state index in [1.807, 2.05) is 18.7 Å². The van der Waals surface area contributed by atoms with Gasteiger partial charge in [-0.2, -0.15) is 4.31 Å². The van der Waals surface area contributed by atoms with Crippen molar-refractivity contribution in [3.63, 3.8) is 0 Å². The van der Waals surface area contributed by atoms with Gasteiger partial charge in [0.25, 0.3) is 5.91 Å². The molecule has 9 heteroatoms. The summed E-state index contributed by atoms with van der Waals surface area (Å²) < 4.78 is 27.6. The highest BCUT2D eigenvalue weighted by atomic mass is 32.2. The molecule has 33 heavy (non-hydrogen) atoms. The molecule has 2 aliphatic rings. The summed E-state index contributed by atoms with van der Waals surface area (Å²) in [5.41, 5.74) is 2.90. The van der Waals surface area contributed by atoms with Crippen LogP contribution in [0.4, 0.5) is 5.69 Å². The van der Waals surface area contributed by atoms with E-state index in [0.29, 0.717) is 24.3 Å². The van der Waals surface area contributed by atoms with Gasteiger partial charge in [-0.1, -0.05) is 6.07 Å². The molecule has 2 saturated heterocycles. The van der Waals surface area contributed by atoms with Gasteiger partial charge < -0.3 is 0 Å². The maximum absolute atomic E-state index is 13.1. The number of carbonyl (C=O) groups excluding carboxylic acids is 3. The lowest BCUT2D eigenvalue weighted by Gasteiger charge is -2.36. The Labute approximate surface area is 193 Å². The average Bonchev–Trinajstić information content (AvgIpc) is 3.09. The number of carbonyl (C=O) groups is 3. The smallest absolute Gasteiger partial charge is 0.251 e. The van der Waals surface area contributed by atoms with Gasteiger partial charge in [-0.05, 0) is 68.3 Å². The minimum absolute atomic E-state index is 0.0528. The number of sulfonamides is 1. The minimum Gasteiger partial charge on any atom is -0.295 e. The summed E-state index contributed by atoms with van der Waals surface area (Å²) in [6.07, 6.45) is 0.0528. The first kappa shape index (κ1) is 23.3. The largest absolute Gasteiger partial charge is 0.295 e. The normalized spacial score (nSPS) is 20.5. The molecule has 2 aromatic rings. The van der Waals surface area contributed by atoms with Crippen LogP contribution in [0, 0.1) is 13.8 Å². The summed E-state index contributed by atoms with van der Waals surface area (Å²) in [6, 6.07) is 10.9. The molecule has 2 aliphatic heterocycles. The second-order valence-electron chi connectivity index (χ2n) is 8.58. The standard InChI is InChI=1S/C24H27N3O5S/c1-16-4-9-21(14-17(16)2)33(31,32)26-12-10-25(11-13-26)22-15-23(29)27(24(22)30)20-7-5-19(6-8-20)18(3)28/h4-9,14,22H,10-13,15H2,1-3H3/t22-/m1/s1. The van der Waals surface area contributed by atoms with Gasteiger partial charge in [0.05, 0.1) is 23.0 Å². The Bertz CT molecular complexity index is 1220. The van der Waals surface area contributed by atoms with Crippen molar-refractivity contribution in [2.24, 2.45) is 0 Å². The van der Waals surface area contributed by atoms with E-state index in [1.54, 1.807) is 42.5 Å². The van der Waals surface area contributed by atoms with Crippen LogP contribution in [0.3, 0.4) is 0 Å². The maximum Gasteiger partial charge on any atom is 0.251 e. The number of imide groups is 1. The Morgan fingerprint density at radius 3 is 2.12 bits per heavy atom. The van der Waals surface area contributed by atoms with E-state index in [4.69, 9.17) is 0 Å². The highest BCUT2D eigenvalue weighted by molar-refractivity contribution is 7.89. The quantitative estimate of drug-likeness (QED) is 0.492. The number of aryl methyl sites for hydroxylation is 2. The molecule has 174 valence electrons. The Balaban J connectivity index is 1.44. The molecule has 0 radical (unpaired) electrons. The molecule has 0 N–H and O–H groups in total.